The predicted molar refractivity (Wildman–Crippen MR) is 76.1 cm³/mol. The Kier molecular flexibility index (Phi) is 3.81. The average molecular weight is 322 g/mol. The minimum absolute atomic E-state index is 0.0707. The lowest BCUT2D eigenvalue weighted by atomic mass is 10.2. The van der Waals surface area contributed by atoms with Gasteiger partial charge in [0.05, 0.1) is 0 Å². The number of benzene rings is 1. The molecule has 23 heavy (non-hydrogen) atoms. The van der Waals surface area contributed by atoms with Crippen molar-refractivity contribution in [2.45, 2.75) is 12.7 Å². The monoisotopic (exact) mass is 322 g/mol. The zero-order valence-corrected chi connectivity index (χ0v) is 11.6. The second kappa shape index (κ2) is 5.79. The molecule has 118 valence electrons. The summed E-state index contributed by atoms with van der Waals surface area (Å²) in [6.07, 6.45) is -1.63. The molecule has 0 amide bonds. The van der Waals surface area contributed by atoms with Crippen LogP contribution in [-0.4, -0.2) is 15.0 Å². The van der Waals surface area contributed by atoms with E-state index in [2.05, 4.69) is 20.3 Å². The van der Waals surface area contributed by atoms with Crippen LogP contribution in [0, 0.1) is 5.82 Å². The van der Waals surface area contributed by atoms with E-state index >= 15 is 0 Å². The van der Waals surface area contributed by atoms with Gasteiger partial charge in [-0.2, -0.15) is 13.2 Å². The van der Waals surface area contributed by atoms with Gasteiger partial charge in [-0.05, 0) is 29.8 Å². The molecule has 0 aliphatic rings. The maximum Gasteiger partial charge on any atom is 0.451 e. The molecule has 2 heterocycles. The van der Waals surface area contributed by atoms with E-state index in [0.29, 0.717) is 0 Å². The number of nitrogens with zero attached hydrogens (tertiary/aromatic N) is 3. The molecule has 1 aromatic carbocycles. The van der Waals surface area contributed by atoms with Gasteiger partial charge < -0.3 is 5.32 Å². The lowest BCUT2D eigenvalue weighted by Crippen LogP contribution is -2.14. The standard InChI is InChI=1S/C15H10F4N4/c16-11-3-1-2-10-12(11)22-14(15(17,18)19)23-13(10)21-8-9-4-6-20-7-5-9/h1-7H,8H2,(H,21,22,23). The fourth-order valence-electron chi connectivity index (χ4n) is 2.07. The van der Waals surface area contributed by atoms with E-state index in [1.807, 2.05) is 0 Å². The van der Waals surface area contributed by atoms with Crippen LogP contribution >= 0.6 is 0 Å². The minimum Gasteiger partial charge on any atom is -0.365 e. The van der Waals surface area contributed by atoms with Crippen LogP contribution in [0.15, 0.2) is 42.7 Å². The first-order chi connectivity index (χ1) is 10.9. The molecule has 8 heteroatoms. The van der Waals surface area contributed by atoms with Crippen LogP contribution in [0.3, 0.4) is 0 Å². The molecular weight excluding hydrogens is 312 g/mol. The third kappa shape index (κ3) is 3.20. The van der Waals surface area contributed by atoms with Gasteiger partial charge in [-0.1, -0.05) is 6.07 Å². The first-order valence-electron chi connectivity index (χ1n) is 6.61. The Morgan fingerprint density at radius 3 is 2.43 bits per heavy atom. The molecule has 0 unspecified atom stereocenters. The van der Waals surface area contributed by atoms with Crippen LogP contribution in [0.5, 0.6) is 0 Å². The van der Waals surface area contributed by atoms with Crippen molar-refractivity contribution in [3.05, 3.63) is 59.9 Å². The topological polar surface area (TPSA) is 50.7 Å². The Hall–Kier alpha value is -2.77. The molecule has 4 nitrogen and oxygen atoms in total. The minimum atomic E-state index is -4.76. The second-order valence-corrected chi connectivity index (χ2v) is 4.74. The third-order valence-corrected chi connectivity index (χ3v) is 3.14. The fraction of sp³-hybridized carbons (Fsp3) is 0.133. The van der Waals surface area contributed by atoms with Gasteiger partial charge in [-0.3, -0.25) is 4.98 Å². The van der Waals surface area contributed by atoms with Crippen LogP contribution in [-0.2, 0) is 12.7 Å². The van der Waals surface area contributed by atoms with Gasteiger partial charge in [0.2, 0.25) is 5.82 Å². The molecule has 0 fully saturated rings. The SMILES string of the molecule is Fc1cccc2c(NCc3ccncc3)nc(C(F)(F)F)nc12. The molecular formula is C15H10F4N4. The molecule has 0 radical (unpaired) electrons. The number of aromatic nitrogens is 3. The predicted octanol–water partition coefficient (Wildman–Crippen LogP) is 3.79. The van der Waals surface area contributed by atoms with Gasteiger partial charge in [-0.25, -0.2) is 14.4 Å². The Balaban J connectivity index is 2.05. The van der Waals surface area contributed by atoms with Crippen molar-refractivity contribution in [2.24, 2.45) is 0 Å². The highest BCUT2D eigenvalue weighted by Gasteiger charge is 2.35. The summed E-state index contributed by atoms with van der Waals surface area (Å²) < 4.78 is 52.5. The summed E-state index contributed by atoms with van der Waals surface area (Å²) in [5.41, 5.74) is 0.434. The van der Waals surface area contributed by atoms with Crippen LogP contribution in [0.1, 0.15) is 11.4 Å². The summed E-state index contributed by atoms with van der Waals surface area (Å²) in [6.45, 7) is 0.225. The highest BCUT2D eigenvalue weighted by molar-refractivity contribution is 5.89. The summed E-state index contributed by atoms with van der Waals surface area (Å²) in [6, 6.07) is 7.34. The van der Waals surface area contributed by atoms with Crippen LogP contribution in [0.25, 0.3) is 10.9 Å². The largest absolute Gasteiger partial charge is 0.451 e. The molecule has 1 N–H and O–H groups in total. The van der Waals surface area contributed by atoms with E-state index in [9.17, 15) is 17.6 Å². The molecule has 0 atom stereocenters. The van der Waals surface area contributed by atoms with Gasteiger partial charge >= 0.3 is 6.18 Å². The maximum absolute atomic E-state index is 13.8. The van der Waals surface area contributed by atoms with Gasteiger partial charge in [0.25, 0.3) is 0 Å². The van der Waals surface area contributed by atoms with E-state index in [4.69, 9.17) is 0 Å². The number of hydrogen-bond acceptors (Lipinski definition) is 4. The molecule has 3 rings (SSSR count). The number of hydrogen-bond donors (Lipinski definition) is 1. The zero-order chi connectivity index (χ0) is 16.4. The maximum atomic E-state index is 13.8. The van der Waals surface area contributed by atoms with Crippen molar-refractivity contribution in [1.29, 1.82) is 0 Å². The van der Waals surface area contributed by atoms with Crippen molar-refractivity contribution in [3.63, 3.8) is 0 Å². The van der Waals surface area contributed by atoms with Gasteiger partial charge in [-0.15, -0.1) is 0 Å². The van der Waals surface area contributed by atoms with Crippen molar-refractivity contribution in [1.82, 2.24) is 15.0 Å². The highest BCUT2D eigenvalue weighted by atomic mass is 19.4. The van der Waals surface area contributed by atoms with Crippen molar-refractivity contribution in [2.75, 3.05) is 5.32 Å². The number of para-hydroxylation sites is 1. The summed E-state index contributed by atoms with van der Waals surface area (Å²) >= 11 is 0. The molecule has 0 aliphatic heterocycles. The molecule has 0 aliphatic carbocycles. The third-order valence-electron chi connectivity index (χ3n) is 3.14. The van der Waals surface area contributed by atoms with Gasteiger partial charge in [0, 0.05) is 24.3 Å². The number of alkyl halides is 3. The lowest BCUT2D eigenvalue weighted by molar-refractivity contribution is -0.144. The molecule has 0 saturated heterocycles. The van der Waals surface area contributed by atoms with E-state index in [1.165, 1.54) is 12.1 Å². The Morgan fingerprint density at radius 2 is 1.74 bits per heavy atom. The van der Waals surface area contributed by atoms with E-state index < -0.39 is 17.8 Å². The number of anilines is 1. The van der Waals surface area contributed by atoms with E-state index in [-0.39, 0.29) is 23.3 Å². The normalized spacial score (nSPS) is 11.7. The summed E-state index contributed by atoms with van der Waals surface area (Å²) in [5, 5.41) is 2.99. The van der Waals surface area contributed by atoms with Crippen molar-refractivity contribution >= 4 is 16.7 Å². The fourth-order valence-corrected chi connectivity index (χ4v) is 2.07. The van der Waals surface area contributed by atoms with E-state index in [1.54, 1.807) is 24.5 Å². The molecule has 0 spiro atoms. The van der Waals surface area contributed by atoms with Gasteiger partial charge in [0.1, 0.15) is 17.2 Å². The Labute approximate surface area is 128 Å². The first kappa shape index (κ1) is 15.1. The Bertz CT molecular complexity index is 834. The summed E-state index contributed by atoms with van der Waals surface area (Å²) in [4.78, 5) is 10.7. The highest BCUT2D eigenvalue weighted by Crippen LogP contribution is 2.31. The summed E-state index contributed by atoms with van der Waals surface area (Å²) in [7, 11) is 0. The number of nitrogens with one attached hydrogen (secondary N) is 1. The van der Waals surface area contributed by atoms with Crippen LogP contribution < -0.4 is 5.32 Å². The molecule has 0 saturated carbocycles. The average Bonchev–Trinajstić information content (AvgIpc) is 2.53. The molecule has 2 aromatic heterocycles. The smallest absolute Gasteiger partial charge is 0.365 e. The van der Waals surface area contributed by atoms with Crippen LogP contribution in [0.4, 0.5) is 23.4 Å². The molecule has 0 bridgehead atoms. The number of pyridine rings is 1. The first-order valence-corrected chi connectivity index (χ1v) is 6.61. The number of rotatable bonds is 3. The second-order valence-electron chi connectivity index (χ2n) is 4.74. The lowest BCUT2D eigenvalue weighted by Gasteiger charge is -2.12. The summed E-state index contributed by atoms with van der Waals surface area (Å²) in [5.74, 6) is -2.28. The number of fused-ring (bicyclic) bond motifs is 1. The van der Waals surface area contributed by atoms with Gasteiger partial charge in [0.15, 0.2) is 0 Å². The quantitative estimate of drug-likeness (QED) is 0.745. The number of halogens is 4. The zero-order valence-electron chi connectivity index (χ0n) is 11.6. The van der Waals surface area contributed by atoms with E-state index in [0.717, 1.165) is 11.6 Å². The van der Waals surface area contributed by atoms with Crippen molar-refractivity contribution in [3.8, 4) is 0 Å². The molecule has 3 aromatic rings. The Morgan fingerprint density at radius 1 is 1.00 bits per heavy atom. The van der Waals surface area contributed by atoms with Crippen molar-refractivity contribution < 1.29 is 17.6 Å². The van der Waals surface area contributed by atoms with Crippen LogP contribution in [0.2, 0.25) is 0 Å².